The van der Waals surface area contributed by atoms with E-state index in [2.05, 4.69) is 23.3 Å². The molecule has 2 amide bonds. The van der Waals surface area contributed by atoms with Gasteiger partial charge in [0.1, 0.15) is 60.3 Å². The van der Waals surface area contributed by atoms with Crippen molar-refractivity contribution < 1.29 is 224 Å². The van der Waals surface area contributed by atoms with Gasteiger partial charge in [0.15, 0.2) is 5.78 Å². The number of Topliss-reactive ketones (excluding diaryl/α,β-unsaturated/α-hetero) is 5. The molecule has 8 rings (SSSR count). The van der Waals surface area contributed by atoms with Gasteiger partial charge in [0.05, 0.1) is 36.6 Å². The van der Waals surface area contributed by atoms with E-state index in [0.717, 1.165) is 42.4 Å². The second-order valence-electron chi connectivity index (χ2n) is 36.8. The van der Waals surface area contributed by atoms with Crippen LogP contribution in [-0.4, -0.2) is 251 Å². The molecular weight excluding hydrogens is 1690 g/mol. The smallest absolute Gasteiger partial charge is 1.00 e. The molecule has 28 atom stereocenters. The van der Waals surface area contributed by atoms with E-state index in [1.165, 1.54) is 31.1 Å². The van der Waals surface area contributed by atoms with E-state index in [1.54, 1.807) is 53.9 Å². The van der Waals surface area contributed by atoms with Crippen LogP contribution in [0.3, 0.4) is 0 Å². The van der Waals surface area contributed by atoms with Gasteiger partial charge in [0, 0.05) is 113 Å². The summed E-state index contributed by atoms with van der Waals surface area (Å²) in [6, 6.07) is -2.25. The molecule has 0 aromatic rings. The van der Waals surface area contributed by atoms with Gasteiger partial charge in [-0.05, 0) is 212 Å². The summed E-state index contributed by atoms with van der Waals surface area (Å²) in [5.41, 5.74) is 3.75. The first-order chi connectivity index (χ1) is 58.7. The molecule has 6 aliphatic heterocycles. The fourth-order valence-electron chi connectivity index (χ4n) is 19.2. The number of ketones is 5. The Kier molecular flexibility index (Phi) is 55.2. The number of fused-ring (bicyclic) bond motifs is 6. The maximum Gasteiger partial charge on any atom is 1.00 e. The topological polar surface area (TPSA) is 355 Å². The summed E-state index contributed by atoms with van der Waals surface area (Å²) in [7, 11) is 13.5. The number of aliphatic hydroxyl groups excluding tert-OH is 4. The number of carbonyl (C=O) groups excluding carboxylic acids is 9. The standard InChI is InChI=1S/C51H79NO12.C44H67NO11.CH4.2BH.2FH.2K/c1-30-16-12-11-13-17-31(2)43(61-9)28-39-21-19-37(8)51(60,64-39)48(57)49(58)52-23-15-14-18-40(52)50(59)63-44(34(5)27-38-20-22-41(53)33(4)26-38)29-42(54)32(3)25-36(7)46(56)47(62-10)45(55)35(6)24-30;1-10-13-32-19-25(2)18-26(3)20-37(53-8)40-38(54-9)23-29(6)44(52,56-40)41(49)42(50)45-17-12-11-14-33(45)43(51)55-39(30(7)35(47)24-36(32)48)28(5)22-31-15-16-34(46)27(4)21-31;;;;;;;/h11-13,16-17,25,30,32-35,37-41,43-44,46-47,53,56,60H,14-15,18-24,26-29H2,1-10H3;10,19-20,22,27,29-35,37-40,46-47,52H,1,11-18,21,23-24H2,2-9H3;1H4;4*1H;;/q;;;;;;;2*+1/p-2/b13-11?,16-12+,31-17?,36-25+;25-19-,26-20+,28-22+;;;;;;;/t30-,32-,33-,34-,35-,37-,38+,39+,40+,41-,43?,44+,46-,47+,51-;27-,29-,30-,31+,32-,33+,34-,35+,37+,38+,39-,40-,44-;;;;;;;/m11......./s1/i;;;2*1D;;;;. The number of hydrogen-bond donors (Lipinski definition) is 6. The van der Waals surface area contributed by atoms with Gasteiger partial charge >= 0.3 is 115 Å². The number of ether oxygens (including phenoxy) is 8. The molecule has 6 fully saturated rings. The minimum atomic E-state index is -2.53. The van der Waals surface area contributed by atoms with Gasteiger partial charge in [0.25, 0.3) is 23.4 Å². The molecule has 0 spiro atoms. The summed E-state index contributed by atoms with van der Waals surface area (Å²) in [4.78, 5) is 129. The fraction of sp³-hybridized carbons (Fsp3) is 0.740. The molecule has 0 aromatic carbocycles. The number of piperidine rings is 2. The van der Waals surface area contributed by atoms with Gasteiger partial charge in [-0.1, -0.05) is 142 Å². The summed E-state index contributed by atoms with van der Waals surface area (Å²) >= 11 is 0. The van der Waals surface area contributed by atoms with Crippen molar-refractivity contribution in [2.24, 2.45) is 71.0 Å². The van der Waals surface area contributed by atoms with Crippen LogP contribution in [0.5, 0.6) is 0 Å². The number of aliphatic hydroxyl groups is 6. The molecule has 2 saturated carbocycles. The number of methoxy groups -OCH3 is 4. The third kappa shape index (κ3) is 33.7. The van der Waals surface area contributed by atoms with Crippen molar-refractivity contribution in [3.8, 4) is 0 Å². The number of esters is 2. The molecule has 8 aliphatic rings. The Labute approximate surface area is 847 Å². The molecule has 6 N–H and O–H groups in total. The van der Waals surface area contributed by atoms with Gasteiger partial charge in [-0.15, -0.1) is 6.58 Å². The Balaban J connectivity index is 0.00000237. The SMILES string of the molecule is C.C=CC[C@@H]1/C=C(/C)C/C(C)=C/[C@H](OC)[C@H]2O[C@@](O)(C(=O)C(=O)N3CCCC[C@H]3C(=O)O[C@H](/C(C)=C/[C@H]3CC[C@@H](O)[C@H](C)C3)[C@H](C)[C@@H](O)CC1=O)[C@H](C)C[C@@H]2OC.COC1C[C@@H]2CC[C@@H](C)[C@@](O)(O2)C(=O)C(=O)N2CCCC[C@H]2C(=O)O[C@H]([C@H](C)C[C@H]2CC[C@@H](O)[C@H](C)C2)CC(=O)[C@H](C)/C=C(\C)[C@@H](O)[C@@H](OC)C(=O)[C@H](C)C[C@H](C)/C=C/C=CC=C1C.[2H][B].[2H][B].[F-].[F-].[K+].[K+]. The van der Waals surface area contributed by atoms with Crippen LogP contribution in [0.1, 0.15) is 246 Å². The van der Waals surface area contributed by atoms with E-state index >= 15 is 0 Å². The maximum atomic E-state index is 14.3. The van der Waals surface area contributed by atoms with Gasteiger partial charge in [0.2, 0.25) is 11.6 Å². The van der Waals surface area contributed by atoms with Crippen LogP contribution < -0.4 is 112 Å². The molecule has 127 heavy (non-hydrogen) atoms. The van der Waals surface area contributed by atoms with Crippen molar-refractivity contribution in [1.82, 2.24) is 9.80 Å². The molecule has 0 aromatic heterocycles. The van der Waals surface area contributed by atoms with Crippen molar-refractivity contribution in [3.63, 3.8) is 0 Å². The number of allylic oxidation sites excluding steroid dienone is 11. The number of halogens is 2. The quantitative estimate of drug-likeness (QED) is 0.0647. The second-order valence-corrected chi connectivity index (χ2v) is 36.8. The number of rotatable bonds is 11. The first-order valence-corrected chi connectivity index (χ1v) is 44.4. The van der Waals surface area contributed by atoms with Crippen LogP contribution in [0.4, 0.5) is 0 Å². The number of carbonyl (C=O) groups is 9. The fourth-order valence-corrected chi connectivity index (χ4v) is 19.2. The van der Waals surface area contributed by atoms with Gasteiger partial charge in [-0.25, -0.2) is 9.59 Å². The summed E-state index contributed by atoms with van der Waals surface area (Å²) in [6.07, 6.45) is 19.3. The molecule has 706 valence electrons. The van der Waals surface area contributed by atoms with Gasteiger partial charge in [-0.3, -0.25) is 33.6 Å². The van der Waals surface area contributed by atoms with Crippen molar-refractivity contribution in [2.45, 2.75) is 343 Å². The van der Waals surface area contributed by atoms with E-state index < -0.39 is 156 Å². The van der Waals surface area contributed by atoms with Crippen LogP contribution in [0.15, 0.2) is 95.2 Å². The Morgan fingerprint density at radius 3 is 1.74 bits per heavy atom. The first kappa shape index (κ1) is 120. The van der Waals surface area contributed by atoms with Crippen molar-refractivity contribution >= 4 is 69.4 Å². The second kappa shape index (κ2) is 58.4. The van der Waals surface area contributed by atoms with Crippen molar-refractivity contribution in [3.05, 3.63) is 95.2 Å². The third-order valence-electron chi connectivity index (χ3n) is 27.1. The largest absolute Gasteiger partial charge is 1.00 e. The molecule has 4 saturated heterocycles. The Morgan fingerprint density at radius 2 is 1.19 bits per heavy atom. The normalized spacial score (nSPS) is 38.1. The summed E-state index contributed by atoms with van der Waals surface area (Å²) in [5, 5.41) is 67.8. The summed E-state index contributed by atoms with van der Waals surface area (Å²) in [5.74, 6) is -15.1. The predicted octanol–water partition coefficient (Wildman–Crippen LogP) is -0.663. The monoisotopic (exact) mass is 1840 g/mol. The molecule has 4 radical (unpaired) electrons. The Hall–Kier alpha value is -3.07. The first-order valence-electron chi connectivity index (χ1n) is 45.5. The molecular formula is C96H152B2F2K2N2O23. The minimum absolute atomic E-state index is 0. The number of amides is 2. The van der Waals surface area contributed by atoms with Crippen LogP contribution in [0.2, 0.25) is 0 Å². The zero-order valence-corrected chi connectivity index (χ0v) is 85.1. The zero-order chi connectivity index (χ0) is 92.9. The van der Waals surface area contributed by atoms with E-state index in [-0.39, 0.29) is 230 Å². The maximum absolute atomic E-state index is 14.3. The van der Waals surface area contributed by atoms with Crippen LogP contribution >= 0.6 is 0 Å². The molecule has 31 heteroatoms. The number of cyclic esters (lactones) is 2. The number of hydrogen-bond acceptors (Lipinski definition) is 23. The van der Waals surface area contributed by atoms with E-state index in [4.69, 9.17) is 40.6 Å². The van der Waals surface area contributed by atoms with E-state index in [0.29, 0.717) is 94.6 Å². The third-order valence-corrected chi connectivity index (χ3v) is 27.1. The average Bonchev–Trinajstić information content (AvgIpc) is 0.840. The van der Waals surface area contributed by atoms with Crippen molar-refractivity contribution in [2.75, 3.05) is 41.5 Å². The van der Waals surface area contributed by atoms with E-state index in [9.17, 15) is 73.8 Å². The van der Waals surface area contributed by atoms with Crippen molar-refractivity contribution in [1.29, 1.82) is 2.67 Å². The molecule has 2 aliphatic carbocycles. The molecule has 25 nitrogen and oxygen atoms in total. The van der Waals surface area contributed by atoms with Crippen LogP contribution in [0.25, 0.3) is 0 Å². The Bertz CT molecular complexity index is 3780. The number of nitrogens with zero attached hydrogens (tertiary/aromatic N) is 2. The van der Waals surface area contributed by atoms with E-state index in [1.807, 2.05) is 111 Å². The molecule has 4 bridgehead atoms. The Morgan fingerprint density at radius 1 is 0.622 bits per heavy atom. The minimum Gasteiger partial charge on any atom is -1.00 e. The average molecular weight is 1840 g/mol. The molecule has 6 heterocycles. The summed E-state index contributed by atoms with van der Waals surface area (Å²) < 4.78 is 58.4. The van der Waals surface area contributed by atoms with Crippen LogP contribution in [0, 0.1) is 71.0 Å². The summed E-state index contributed by atoms with van der Waals surface area (Å²) in [6.45, 7) is 29.8. The zero-order valence-electron chi connectivity index (χ0n) is 80.9. The van der Waals surface area contributed by atoms with Gasteiger partial charge < -0.3 is 87.7 Å². The molecule has 1 unspecified atom stereocenters. The van der Waals surface area contributed by atoms with Crippen LogP contribution in [-0.2, 0) is 81.0 Å². The van der Waals surface area contributed by atoms with Gasteiger partial charge in [-0.2, -0.15) is 0 Å². The predicted molar refractivity (Wildman–Crippen MR) is 475 cm³/mol.